The Morgan fingerprint density at radius 2 is 2.05 bits per heavy atom. The van der Waals surface area contributed by atoms with Gasteiger partial charge in [-0.1, -0.05) is 11.6 Å². The highest BCUT2D eigenvalue weighted by molar-refractivity contribution is 6.32. The Morgan fingerprint density at radius 3 is 2.52 bits per heavy atom. The SMILES string of the molecule is NC(=O)CN(CC(=O)O)C(=O)c1ccnc(Cl)c1[N+](=O)[O-]. The number of hydrogen-bond acceptors (Lipinski definition) is 6. The molecule has 0 aliphatic heterocycles. The number of rotatable bonds is 6. The predicted octanol–water partition coefficient (Wildman–Crippen LogP) is -0.345. The fourth-order valence-electron chi connectivity index (χ4n) is 1.50. The Kier molecular flexibility index (Phi) is 5.13. The summed E-state index contributed by atoms with van der Waals surface area (Å²) in [7, 11) is 0. The van der Waals surface area contributed by atoms with E-state index in [9.17, 15) is 24.5 Å². The van der Waals surface area contributed by atoms with E-state index in [0.29, 0.717) is 4.90 Å². The van der Waals surface area contributed by atoms with Crippen LogP contribution in [0, 0.1) is 10.1 Å². The van der Waals surface area contributed by atoms with Crippen LogP contribution >= 0.6 is 11.6 Å². The minimum absolute atomic E-state index is 0.484. The molecule has 0 spiro atoms. The monoisotopic (exact) mass is 316 g/mol. The largest absolute Gasteiger partial charge is 0.480 e. The van der Waals surface area contributed by atoms with E-state index in [1.165, 1.54) is 0 Å². The van der Waals surface area contributed by atoms with E-state index in [0.717, 1.165) is 12.3 Å². The van der Waals surface area contributed by atoms with Gasteiger partial charge < -0.3 is 15.7 Å². The summed E-state index contributed by atoms with van der Waals surface area (Å²) < 4.78 is 0. The van der Waals surface area contributed by atoms with Gasteiger partial charge in [-0.15, -0.1) is 0 Å². The van der Waals surface area contributed by atoms with Crippen LogP contribution < -0.4 is 5.73 Å². The third-order valence-electron chi connectivity index (χ3n) is 2.25. The number of primary amides is 1. The molecule has 0 aliphatic rings. The van der Waals surface area contributed by atoms with E-state index in [4.69, 9.17) is 22.4 Å². The fraction of sp³-hybridized carbons (Fsp3) is 0.200. The Labute approximate surface area is 122 Å². The smallest absolute Gasteiger partial charge is 0.323 e. The molecule has 0 bridgehead atoms. The van der Waals surface area contributed by atoms with Crippen LogP contribution in [0.25, 0.3) is 0 Å². The zero-order valence-electron chi connectivity index (χ0n) is 10.4. The summed E-state index contributed by atoms with van der Waals surface area (Å²) >= 11 is 5.55. The number of pyridine rings is 1. The fourth-order valence-corrected chi connectivity index (χ4v) is 1.72. The summed E-state index contributed by atoms with van der Waals surface area (Å²) in [6.45, 7) is -1.55. The molecule has 112 valence electrons. The first-order valence-electron chi connectivity index (χ1n) is 5.32. The lowest BCUT2D eigenvalue weighted by Crippen LogP contribution is -2.41. The number of carbonyl (C=O) groups excluding carboxylic acids is 2. The standard InChI is InChI=1S/C10H9ClN4O6/c11-9-8(15(20)21)5(1-2-13-9)10(19)14(3-6(12)16)4-7(17)18/h1-2H,3-4H2,(H2,12,16)(H,17,18). The molecule has 0 radical (unpaired) electrons. The van der Waals surface area contributed by atoms with Crippen molar-refractivity contribution >= 4 is 35.1 Å². The summed E-state index contributed by atoms with van der Waals surface area (Å²) in [5.74, 6) is -3.44. The minimum Gasteiger partial charge on any atom is -0.480 e. The molecule has 0 fully saturated rings. The molecule has 0 unspecified atom stereocenters. The summed E-state index contributed by atoms with van der Waals surface area (Å²) in [6, 6.07) is 1.00. The van der Waals surface area contributed by atoms with Crippen molar-refractivity contribution in [1.82, 2.24) is 9.88 Å². The first kappa shape index (κ1) is 16.3. The lowest BCUT2D eigenvalue weighted by molar-refractivity contribution is -0.385. The Hall–Kier alpha value is -2.75. The number of hydrogen-bond donors (Lipinski definition) is 2. The number of aromatic nitrogens is 1. The Balaban J connectivity index is 3.26. The highest BCUT2D eigenvalue weighted by Gasteiger charge is 2.29. The van der Waals surface area contributed by atoms with Gasteiger partial charge in [0.05, 0.1) is 4.92 Å². The molecule has 1 rings (SSSR count). The average Bonchev–Trinajstić information content (AvgIpc) is 2.35. The lowest BCUT2D eigenvalue weighted by atomic mass is 10.2. The number of carboxylic acids is 1. The van der Waals surface area contributed by atoms with Gasteiger partial charge in [-0.05, 0) is 6.07 Å². The van der Waals surface area contributed by atoms with Gasteiger partial charge in [0.15, 0.2) is 0 Å². The molecule has 0 saturated heterocycles. The molecule has 0 aromatic carbocycles. The maximum atomic E-state index is 12.2. The van der Waals surface area contributed by atoms with Crippen molar-refractivity contribution in [3.05, 3.63) is 33.1 Å². The van der Waals surface area contributed by atoms with Gasteiger partial charge in [0, 0.05) is 6.20 Å². The van der Waals surface area contributed by atoms with E-state index < -0.39 is 52.2 Å². The number of carbonyl (C=O) groups is 3. The van der Waals surface area contributed by atoms with Crippen LogP contribution in [-0.4, -0.2) is 50.8 Å². The van der Waals surface area contributed by atoms with Crippen molar-refractivity contribution in [2.75, 3.05) is 13.1 Å². The molecule has 1 heterocycles. The zero-order chi connectivity index (χ0) is 16.2. The van der Waals surface area contributed by atoms with Crippen molar-refractivity contribution in [1.29, 1.82) is 0 Å². The van der Waals surface area contributed by atoms with E-state index in [-0.39, 0.29) is 0 Å². The van der Waals surface area contributed by atoms with Gasteiger partial charge in [0.25, 0.3) is 5.91 Å². The molecule has 2 amide bonds. The molecule has 3 N–H and O–H groups in total. The quantitative estimate of drug-likeness (QED) is 0.412. The number of carboxylic acid groups (broad SMARTS) is 1. The van der Waals surface area contributed by atoms with Crippen LogP contribution in [-0.2, 0) is 9.59 Å². The van der Waals surface area contributed by atoms with E-state index in [1.807, 2.05) is 0 Å². The van der Waals surface area contributed by atoms with Crippen molar-refractivity contribution in [2.45, 2.75) is 0 Å². The molecule has 21 heavy (non-hydrogen) atoms. The van der Waals surface area contributed by atoms with Crippen LogP contribution in [0.5, 0.6) is 0 Å². The van der Waals surface area contributed by atoms with Crippen molar-refractivity contribution in [2.24, 2.45) is 5.73 Å². The minimum atomic E-state index is -1.41. The van der Waals surface area contributed by atoms with Crippen LogP contribution in [0.15, 0.2) is 12.3 Å². The second-order valence-corrected chi connectivity index (χ2v) is 4.13. The van der Waals surface area contributed by atoms with Crippen LogP contribution in [0.1, 0.15) is 10.4 Å². The van der Waals surface area contributed by atoms with Crippen LogP contribution in [0.3, 0.4) is 0 Å². The topological polar surface area (TPSA) is 157 Å². The molecule has 1 aromatic rings. The van der Waals surface area contributed by atoms with Gasteiger partial charge in [-0.2, -0.15) is 0 Å². The molecule has 10 nitrogen and oxygen atoms in total. The second-order valence-electron chi connectivity index (χ2n) is 3.78. The average molecular weight is 317 g/mol. The number of halogens is 1. The highest BCUT2D eigenvalue weighted by Crippen LogP contribution is 2.26. The maximum absolute atomic E-state index is 12.2. The third kappa shape index (κ3) is 4.11. The second kappa shape index (κ2) is 6.61. The maximum Gasteiger partial charge on any atom is 0.323 e. The first-order chi connectivity index (χ1) is 9.73. The number of aliphatic carboxylic acids is 1. The summed E-state index contributed by atoms with van der Waals surface area (Å²) in [6.07, 6.45) is 1.05. The number of amides is 2. The van der Waals surface area contributed by atoms with Gasteiger partial charge in [0.2, 0.25) is 11.1 Å². The molecular formula is C10H9ClN4O6. The molecule has 1 aromatic heterocycles. The molecule has 0 saturated carbocycles. The van der Waals surface area contributed by atoms with Crippen LogP contribution in [0.2, 0.25) is 5.15 Å². The predicted molar refractivity (Wildman–Crippen MR) is 68.6 cm³/mol. The Bertz CT molecular complexity index is 604. The summed E-state index contributed by atoms with van der Waals surface area (Å²) in [4.78, 5) is 47.7. The first-order valence-corrected chi connectivity index (χ1v) is 5.70. The van der Waals surface area contributed by atoms with E-state index in [1.54, 1.807) is 0 Å². The molecule has 0 atom stereocenters. The molecular weight excluding hydrogens is 308 g/mol. The Morgan fingerprint density at radius 1 is 1.43 bits per heavy atom. The normalized spacial score (nSPS) is 9.95. The third-order valence-corrected chi connectivity index (χ3v) is 2.53. The number of nitrogens with two attached hydrogens (primary N) is 1. The van der Waals surface area contributed by atoms with Crippen molar-refractivity contribution in [3.8, 4) is 0 Å². The number of nitro groups is 1. The van der Waals surface area contributed by atoms with Gasteiger partial charge in [0.1, 0.15) is 18.7 Å². The van der Waals surface area contributed by atoms with E-state index >= 15 is 0 Å². The van der Waals surface area contributed by atoms with E-state index in [2.05, 4.69) is 4.98 Å². The lowest BCUT2D eigenvalue weighted by Gasteiger charge is -2.18. The summed E-state index contributed by atoms with van der Waals surface area (Å²) in [5, 5.41) is 19.1. The van der Waals surface area contributed by atoms with Gasteiger partial charge >= 0.3 is 11.7 Å². The molecule has 11 heteroatoms. The van der Waals surface area contributed by atoms with Crippen molar-refractivity contribution < 1.29 is 24.4 Å². The summed E-state index contributed by atoms with van der Waals surface area (Å²) in [5.41, 5.74) is 3.66. The van der Waals surface area contributed by atoms with Gasteiger partial charge in [-0.3, -0.25) is 24.5 Å². The molecule has 0 aliphatic carbocycles. The van der Waals surface area contributed by atoms with Gasteiger partial charge in [-0.25, -0.2) is 4.98 Å². The van der Waals surface area contributed by atoms with Crippen LogP contribution in [0.4, 0.5) is 5.69 Å². The zero-order valence-corrected chi connectivity index (χ0v) is 11.1. The van der Waals surface area contributed by atoms with Crippen molar-refractivity contribution in [3.63, 3.8) is 0 Å². The number of nitrogens with zero attached hydrogens (tertiary/aromatic N) is 3. The highest BCUT2D eigenvalue weighted by atomic mass is 35.5.